The predicted molar refractivity (Wildman–Crippen MR) is 71.6 cm³/mol. The van der Waals surface area contributed by atoms with Crippen molar-refractivity contribution >= 4 is 0 Å². The molecule has 0 N–H and O–H groups in total. The van der Waals surface area contributed by atoms with E-state index in [1.54, 1.807) is 0 Å². The smallest absolute Gasteiger partial charge is 0.100 e. The first-order valence-electron chi connectivity index (χ1n) is 7.10. The van der Waals surface area contributed by atoms with Crippen molar-refractivity contribution in [2.45, 2.75) is 51.0 Å². The number of aromatic nitrogens is 3. The van der Waals surface area contributed by atoms with Crippen LogP contribution in [0.2, 0.25) is 0 Å². The number of hydrogen-bond donors (Lipinski definition) is 0. The van der Waals surface area contributed by atoms with Gasteiger partial charge < -0.3 is 4.74 Å². The minimum Gasteiger partial charge on any atom is -0.381 e. The van der Waals surface area contributed by atoms with E-state index in [4.69, 9.17) is 15.3 Å². The van der Waals surface area contributed by atoms with Crippen molar-refractivity contribution in [3.63, 3.8) is 0 Å². The third-order valence-corrected chi connectivity index (χ3v) is 3.61. The van der Waals surface area contributed by atoms with Gasteiger partial charge in [0, 0.05) is 32.1 Å². The van der Waals surface area contributed by atoms with E-state index in [-0.39, 0.29) is 0 Å². The summed E-state index contributed by atoms with van der Waals surface area (Å²) < 4.78 is 7.33. The molecule has 0 radical (unpaired) electrons. The largest absolute Gasteiger partial charge is 0.381 e. The molecule has 1 saturated heterocycles. The monoisotopic (exact) mass is 273 g/mol. The van der Waals surface area contributed by atoms with Crippen LogP contribution in [0, 0.1) is 22.7 Å². The maximum Gasteiger partial charge on any atom is 0.100 e. The third kappa shape index (κ3) is 3.55. The number of nitriles is 2. The molecule has 1 aromatic heterocycles. The van der Waals surface area contributed by atoms with Crippen LogP contribution in [0.3, 0.4) is 0 Å². The van der Waals surface area contributed by atoms with E-state index in [0.29, 0.717) is 18.8 Å². The topological polar surface area (TPSA) is 87.5 Å². The molecule has 6 nitrogen and oxygen atoms in total. The average Bonchev–Trinajstić information content (AvgIpc) is 2.88. The standard InChI is InChI=1S/C14H19N5O/c15-7-2-1-3-9-19-14(12-5-10-20-11-6-12)13(4-8-16)17-18-19/h12H,1-6,9-11H2. The fourth-order valence-corrected chi connectivity index (χ4v) is 2.61. The molecule has 2 rings (SSSR count). The zero-order valence-electron chi connectivity index (χ0n) is 11.6. The molecule has 6 heteroatoms. The number of aryl methyl sites for hydroxylation is 1. The van der Waals surface area contributed by atoms with Gasteiger partial charge >= 0.3 is 0 Å². The molecule has 0 aliphatic carbocycles. The van der Waals surface area contributed by atoms with Crippen LogP contribution in [-0.2, 0) is 17.7 Å². The Morgan fingerprint density at radius 3 is 2.70 bits per heavy atom. The van der Waals surface area contributed by atoms with Crippen LogP contribution in [0.25, 0.3) is 0 Å². The lowest BCUT2D eigenvalue weighted by molar-refractivity contribution is 0.0833. The van der Waals surface area contributed by atoms with E-state index >= 15 is 0 Å². The lowest BCUT2D eigenvalue weighted by atomic mass is 9.94. The number of ether oxygens (including phenoxy) is 1. The van der Waals surface area contributed by atoms with E-state index in [0.717, 1.165) is 56.8 Å². The van der Waals surface area contributed by atoms with Crippen LogP contribution < -0.4 is 0 Å². The summed E-state index contributed by atoms with van der Waals surface area (Å²) in [7, 11) is 0. The van der Waals surface area contributed by atoms with Crippen molar-refractivity contribution < 1.29 is 4.74 Å². The predicted octanol–water partition coefficient (Wildman–Crippen LogP) is 1.93. The van der Waals surface area contributed by atoms with Crippen LogP contribution in [0.4, 0.5) is 0 Å². The number of nitrogens with zero attached hydrogens (tertiary/aromatic N) is 5. The van der Waals surface area contributed by atoms with Crippen molar-refractivity contribution in [1.82, 2.24) is 15.0 Å². The van der Waals surface area contributed by atoms with Gasteiger partial charge in [0.1, 0.15) is 5.69 Å². The summed E-state index contributed by atoms with van der Waals surface area (Å²) >= 11 is 0. The zero-order chi connectivity index (χ0) is 14.2. The van der Waals surface area contributed by atoms with E-state index in [2.05, 4.69) is 22.5 Å². The second-order valence-electron chi connectivity index (χ2n) is 4.98. The second kappa shape index (κ2) is 7.62. The maximum absolute atomic E-state index is 8.91. The Bertz CT molecular complexity index is 505. The number of unbranched alkanes of at least 4 members (excludes halogenated alkanes) is 2. The highest BCUT2D eigenvalue weighted by atomic mass is 16.5. The van der Waals surface area contributed by atoms with Gasteiger partial charge in [0.25, 0.3) is 0 Å². The minimum atomic E-state index is 0.310. The number of hydrogen-bond acceptors (Lipinski definition) is 5. The Kier molecular flexibility index (Phi) is 5.52. The third-order valence-electron chi connectivity index (χ3n) is 3.61. The summed E-state index contributed by atoms with van der Waals surface area (Å²) in [6, 6.07) is 4.32. The molecule has 0 atom stereocenters. The maximum atomic E-state index is 8.91. The average molecular weight is 273 g/mol. The Morgan fingerprint density at radius 1 is 1.20 bits per heavy atom. The molecule has 1 aliphatic heterocycles. The summed E-state index contributed by atoms with van der Waals surface area (Å²) in [6.45, 7) is 2.29. The summed E-state index contributed by atoms with van der Waals surface area (Å²) in [4.78, 5) is 0. The van der Waals surface area contributed by atoms with Crippen LogP contribution in [-0.4, -0.2) is 28.2 Å². The van der Waals surface area contributed by atoms with Crippen LogP contribution in [0.15, 0.2) is 0 Å². The van der Waals surface area contributed by atoms with Gasteiger partial charge in [0.05, 0.1) is 24.3 Å². The first-order valence-corrected chi connectivity index (χ1v) is 7.10. The molecule has 106 valence electrons. The highest BCUT2D eigenvalue weighted by Crippen LogP contribution is 2.29. The Balaban J connectivity index is 2.10. The van der Waals surface area contributed by atoms with E-state index in [9.17, 15) is 0 Å². The molecule has 2 heterocycles. The summed E-state index contributed by atoms with van der Waals surface area (Å²) in [5.74, 6) is 0.387. The van der Waals surface area contributed by atoms with E-state index in [1.807, 2.05) is 4.68 Å². The van der Waals surface area contributed by atoms with Crippen molar-refractivity contribution in [2.24, 2.45) is 0 Å². The van der Waals surface area contributed by atoms with Gasteiger partial charge in [-0.1, -0.05) is 5.21 Å². The molecule has 0 aromatic carbocycles. The zero-order valence-corrected chi connectivity index (χ0v) is 11.6. The highest BCUT2D eigenvalue weighted by molar-refractivity contribution is 5.19. The molecule has 1 fully saturated rings. The van der Waals surface area contributed by atoms with Gasteiger partial charge in [0.15, 0.2) is 0 Å². The van der Waals surface area contributed by atoms with Crippen LogP contribution >= 0.6 is 0 Å². The fraction of sp³-hybridized carbons (Fsp3) is 0.714. The molecule has 0 bridgehead atoms. The molecule has 0 amide bonds. The molecular weight excluding hydrogens is 254 g/mol. The molecule has 20 heavy (non-hydrogen) atoms. The van der Waals surface area contributed by atoms with Crippen molar-refractivity contribution in [2.75, 3.05) is 13.2 Å². The van der Waals surface area contributed by atoms with E-state index in [1.165, 1.54) is 0 Å². The Labute approximate surface area is 118 Å². The van der Waals surface area contributed by atoms with Gasteiger partial charge in [-0.3, -0.25) is 0 Å². The SMILES string of the molecule is N#CCCCCn1nnc(CC#N)c1C1CCOCC1. The van der Waals surface area contributed by atoms with Crippen molar-refractivity contribution in [3.05, 3.63) is 11.4 Å². The molecule has 0 unspecified atom stereocenters. The van der Waals surface area contributed by atoms with Crippen LogP contribution in [0.5, 0.6) is 0 Å². The summed E-state index contributed by atoms with van der Waals surface area (Å²) in [5, 5.41) is 25.8. The molecule has 1 aliphatic rings. The molecule has 0 spiro atoms. The lowest BCUT2D eigenvalue weighted by Gasteiger charge is -2.23. The van der Waals surface area contributed by atoms with Gasteiger partial charge in [-0.25, -0.2) is 4.68 Å². The molecule has 0 saturated carbocycles. The van der Waals surface area contributed by atoms with Crippen molar-refractivity contribution in [3.8, 4) is 12.1 Å². The Hall–Kier alpha value is -1.92. The Morgan fingerprint density at radius 2 is 2.00 bits per heavy atom. The van der Waals surface area contributed by atoms with Crippen LogP contribution in [0.1, 0.15) is 49.4 Å². The van der Waals surface area contributed by atoms with Gasteiger partial charge in [-0.15, -0.1) is 5.10 Å². The highest BCUT2D eigenvalue weighted by Gasteiger charge is 2.24. The molecular formula is C14H19N5O. The van der Waals surface area contributed by atoms with Gasteiger partial charge in [0.2, 0.25) is 0 Å². The minimum absolute atomic E-state index is 0.310. The quantitative estimate of drug-likeness (QED) is 0.739. The van der Waals surface area contributed by atoms with Crippen molar-refractivity contribution in [1.29, 1.82) is 10.5 Å². The van der Waals surface area contributed by atoms with E-state index < -0.39 is 0 Å². The molecule has 1 aromatic rings. The summed E-state index contributed by atoms with van der Waals surface area (Å²) in [5.41, 5.74) is 1.91. The van der Waals surface area contributed by atoms with Gasteiger partial charge in [-0.05, 0) is 25.7 Å². The number of rotatable bonds is 6. The second-order valence-corrected chi connectivity index (χ2v) is 4.98. The summed E-state index contributed by atoms with van der Waals surface area (Å²) in [6.07, 6.45) is 4.60. The first-order chi connectivity index (χ1) is 9.86. The normalized spacial score (nSPS) is 15.7. The fourth-order valence-electron chi connectivity index (χ4n) is 2.61. The first kappa shape index (κ1) is 14.5. The lowest BCUT2D eigenvalue weighted by Crippen LogP contribution is -2.19. The van der Waals surface area contributed by atoms with Gasteiger partial charge in [-0.2, -0.15) is 10.5 Å².